The average Bonchev–Trinajstić information content (AvgIpc) is 3.54. The van der Waals surface area contributed by atoms with Gasteiger partial charge in [0.25, 0.3) is 5.91 Å². The number of benzene rings is 2. The van der Waals surface area contributed by atoms with Crippen LogP contribution in [0.2, 0.25) is 5.02 Å². The third-order valence-corrected chi connectivity index (χ3v) is 7.34. The van der Waals surface area contributed by atoms with E-state index >= 15 is 0 Å². The normalized spacial score (nSPS) is 22.0. The minimum Gasteiger partial charge on any atom is -0.497 e. The number of halogens is 1. The Hall–Kier alpha value is -2.83. The highest BCUT2D eigenvalue weighted by Crippen LogP contribution is 2.39. The van der Waals surface area contributed by atoms with E-state index in [2.05, 4.69) is 34.4 Å². The second-order valence-corrected chi connectivity index (χ2v) is 9.35. The van der Waals surface area contributed by atoms with Gasteiger partial charge in [0.15, 0.2) is 0 Å². The summed E-state index contributed by atoms with van der Waals surface area (Å²) in [6.45, 7) is 2.99. The molecule has 2 bridgehead atoms. The SMILES string of the molecule is CCc1cnn(-c2ccc(C(=O)NC3C[C@@H]4CC[C@H]3N4Cc3ccc(OC)cc3)c(Cl)c2)c1. The molecule has 1 unspecified atom stereocenters. The number of aryl methyl sites for hydroxylation is 1. The molecule has 1 N–H and O–H groups in total. The van der Waals surface area contributed by atoms with E-state index in [1.54, 1.807) is 23.9 Å². The number of ether oxygens (including phenoxy) is 1. The Kier molecular flexibility index (Phi) is 6.13. The number of nitrogens with one attached hydrogen (secondary N) is 1. The maximum atomic E-state index is 13.1. The maximum absolute atomic E-state index is 13.1. The molecule has 33 heavy (non-hydrogen) atoms. The van der Waals surface area contributed by atoms with Crippen LogP contribution >= 0.6 is 11.6 Å². The number of hydrogen-bond acceptors (Lipinski definition) is 4. The molecule has 172 valence electrons. The van der Waals surface area contributed by atoms with Crippen molar-refractivity contribution in [3.05, 3.63) is 76.6 Å². The number of nitrogens with zero attached hydrogens (tertiary/aromatic N) is 3. The van der Waals surface area contributed by atoms with Crippen LogP contribution in [0.25, 0.3) is 5.69 Å². The minimum atomic E-state index is -0.108. The second kappa shape index (κ2) is 9.20. The molecule has 3 heterocycles. The van der Waals surface area contributed by atoms with Gasteiger partial charge in [0.1, 0.15) is 5.75 Å². The van der Waals surface area contributed by atoms with Crippen LogP contribution in [0.1, 0.15) is 47.7 Å². The molecule has 0 aliphatic carbocycles. The van der Waals surface area contributed by atoms with Crippen LogP contribution in [-0.4, -0.2) is 45.8 Å². The molecule has 3 aromatic rings. The van der Waals surface area contributed by atoms with Gasteiger partial charge in [0.2, 0.25) is 0 Å². The predicted molar refractivity (Wildman–Crippen MR) is 129 cm³/mol. The fourth-order valence-corrected chi connectivity index (χ4v) is 5.47. The maximum Gasteiger partial charge on any atom is 0.253 e. The summed E-state index contributed by atoms with van der Waals surface area (Å²) in [6, 6.07) is 14.7. The fraction of sp³-hybridized carbons (Fsp3) is 0.385. The van der Waals surface area contributed by atoms with Gasteiger partial charge in [0, 0.05) is 30.9 Å². The number of rotatable bonds is 7. The molecule has 3 atom stereocenters. The van der Waals surface area contributed by atoms with E-state index in [9.17, 15) is 4.79 Å². The van der Waals surface area contributed by atoms with Crippen molar-refractivity contribution >= 4 is 17.5 Å². The molecule has 2 aliphatic heterocycles. The van der Waals surface area contributed by atoms with Gasteiger partial charge in [-0.3, -0.25) is 9.69 Å². The van der Waals surface area contributed by atoms with Crippen LogP contribution in [0, 0.1) is 0 Å². The smallest absolute Gasteiger partial charge is 0.253 e. The standard InChI is InChI=1S/C26H29ClN4O2/c1-3-17-14-28-31(16-17)20-6-10-22(23(27)12-20)26(32)29-24-13-19-7-11-25(24)30(19)15-18-4-8-21(33-2)9-5-18/h4-6,8-10,12,14,16,19,24-25H,3,7,11,13,15H2,1-2H3,(H,29,32)/t19-,24?,25+/m0/s1. The first-order valence-electron chi connectivity index (χ1n) is 11.6. The lowest BCUT2D eigenvalue weighted by Crippen LogP contribution is -2.43. The van der Waals surface area contributed by atoms with E-state index in [1.165, 1.54) is 12.0 Å². The van der Waals surface area contributed by atoms with Crippen molar-refractivity contribution in [1.29, 1.82) is 0 Å². The summed E-state index contributed by atoms with van der Waals surface area (Å²) in [4.78, 5) is 15.6. The van der Waals surface area contributed by atoms with Crippen molar-refractivity contribution in [2.24, 2.45) is 0 Å². The molecule has 2 saturated heterocycles. The van der Waals surface area contributed by atoms with Crippen molar-refractivity contribution < 1.29 is 9.53 Å². The number of methoxy groups -OCH3 is 1. The van der Waals surface area contributed by atoms with E-state index < -0.39 is 0 Å². The Morgan fingerprint density at radius 2 is 2.00 bits per heavy atom. The van der Waals surface area contributed by atoms with Crippen LogP contribution in [0.4, 0.5) is 0 Å². The minimum absolute atomic E-state index is 0.108. The van der Waals surface area contributed by atoms with Crippen LogP contribution < -0.4 is 10.1 Å². The summed E-state index contributed by atoms with van der Waals surface area (Å²) in [7, 11) is 1.68. The Morgan fingerprint density at radius 3 is 2.70 bits per heavy atom. The van der Waals surface area contributed by atoms with Crippen LogP contribution in [0.5, 0.6) is 5.75 Å². The summed E-state index contributed by atoms with van der Waals surface area (Å²) in [5, 5.41) is 8.09. The van der Waals surface area contributed by atoms with E-state index in [1.807, 2.05) is 30.6 Å². The van der Waals surface area contributed by atoms with Crippen molar-refractivity contribution in [3.63, 3.8) is 0 Å². The first-order valence-corrected chi connectivity index (χ1v) is 12.0. The highest BCUT2D eigenvalue weighted by molar-refractivity contribution is 6.34. The Labute approximate surface area is 199 Å². The van der Waals surface area contributed by atoms with Gasteiger partial charge in [-0.25, -0.2) is 4.68 Å². The van der Waals surface area contributed by atoms with Gasteiger partial charge in [-0.1, -0.05) is 30.7 Å². The van der Waals surface area contributed by atoms with Crippen LogP contribution in [0.15, 0.2) is 54.9 Å². The average molecular weight is 465 g/mol. The molecular formula is C26H29ClN4O2. The molecule has 1 aromatic heterocycles. The molecule has 2 fully saturated rings. The zero-order valence-corrected chi connectivity index (χ0v) is 19.8. The van der Waals surface area contributed by atoms with Gasteiger partial charge in [-0.05, 0) is 67.1 Å². The summed E-state index contributed by atoms with van der Waals surface area (Å²) in [6.07, 6.45) is 8.03. The molecule has 7 heteroatoms. The third kappa shape index (κ3) is 4.37. The van der Waals surface area contributed by atoms with Gasteiger partial charge in [-0.15, -0.1) is 0 Å². The molecule has 0 radical (unpaired) electrons. The van der Waals surface area contributed by atoms with Crippen molar-refractivity contribution in [2.45, 2.75) is 57.3 Å². The predicted octanol–water partition coefficient (Wildman–Crippen LogP) is 4.63. The zero-order chi connectivity index (χ0) is 22.9. The van der Waals surface area contributed by atoms with Gasteiger partial charge in [0.05, 0.1) is 29.6 Å². The first kappa shape index (κ1) is 22.0. The van der Waals surface area contributed by atoms with E-state index in [0.717, 1.165) is 42.8 Å². The van der Waals surface area contributed by atoms with E-state index in [-0.39, 0.29) is 11.9 Å². The molecular weight excluding hydrogens is 436 g/mol. The number of fused-ring (bicyclic) bond motifs is 2. The van der Waals surface area contributed by atoms with Gasteiger partial charge < -0.3 is 10.1 Å². The molecule has 0 saturated carbocycles. The second-order valence-electron chi connectivity index (χ2n) is 8.95. The number of aromatic nitrogens is 2. The fourth-order valence-electron chi connectivity index (χ4n) is 5.21. The van der Waals surface area contributed by atoms with Crippen molar-refractivity contribution in [1.82, 2.24) is 20.0 Å². The van der Waals surface area contributed by atoms with Gasteiger partial charge >= 0.3 is 0 Å². The van der Waals surface area contributed by atoms with Gasteiger partial charge in [-0.2, -0.15) is 5.10 Å². The lowest BCUT2D eigenvalue weighted by atomic mass is 9.95. The molecule has 2 aromatic carbocycles. The van der Waals surface area contributed by atoms with Crippen molar-refractivity contribution in [3.8, 4) is 11.4 Å². The molecule has 2 aliphatic rings. The quantitative estimate of drug-likeness (QED) is 0.553. The highest BCUT2D eigenvalue weighted by Gasteiger charge is 2.46. The third-order valence-electron chi connectivity index (χ3n) is 7.03. The van der Waals surface area contributed by atoms with E-state index in [4.69, 9.17) is 16.3 Å². The number of amides is 1. The zero-order valence-electron chi connectivity index (χ0n) is 19.0. The number of carbonyl (C=O) groups excluding carboxylic acids is 1. The molecule has 5 rings (SSSR count). The summed E-state index contributed by atoms with van der Waals surface area (Å²) >= 11 is 6.52. The summed E-state index contributed by atoms with van der Waals surface area (Å²) < 4.78 is 7.06. The molecule has 1 amide bonds. The van der Waals surface area contributed by atoms with E-state index in [0.29, 0.717) is 22.7 Å². The number of carbonyl (C=O) groups is 1. The lowest BCUT2D eigenvalue weighted by molar-refractivity contribution is 0.0925. The van der Waals surface area contributed by atoms with Crippen molar-refractivity contribution in [2.75, 3.05) is 7.11 Å². The molecule has 6 nitrogen and oxygen atoms in total. The Balaban J connectivity index is 1.25. The number of hydrogen-bond donors (Lipinski definition) is 1. The lowest BCUT2D eigenvalue weighted by Gasteiger charge is -2.25. The topological polar surface area (TPSA) is 59.4 Å². The summed E-state index contributed by atoms with van der Waals surface area (Å²) in [5.41, 5.74) is 3.78. The van der Waals surface area contributed by atoms with Crippen LogP contribution in [0.3, 0.4) is 0 Å². The Morgan fingerprint density at radius 1 is 1.18 bits per heavy atom. The summed E-state index contributed by atoms with van der Waals surface area (Å²) in [5.74, 6) is 0.762. The monoisotopic (exact) mass is 464 g/mol. The van der Waals surface area contributed by atoms with Crippen LogP contribution in [-0.2, 0) is 13.0 Å². The largest absolute Gasteiger partial charge is 0.497 e. The highest BCUT2D eigenvalue weighted by atomic mass is 35.5. The molecule has 0 spiro atoms. The Bertz CT molecular complexity index is 1140. The first-order chi connectivity index (χ1) is 16.1.